The number of hydrogen-bond donors (Lipinski definition) is 1. The number of rotatable bonds is 12. The highest BCUT2D eigenvalue weighted by molar-refractivity contribution is 5.93. The minimum atomic E-state index is -0.723. The molecular formula is C45H58N4O3. The van der Waals surface area contributed by atoms with Gasteiger partial charge < -0.3 is 20.0 Å². The molecule has 4 aliphatic rings. The van der Waals surface area contributed by atoms with Gasteiger partial charge in [0.05, 0.1) is 5.41 Å². The fourth-order valence-corrected chi connectivity index (χ4v) is 9.83. The summed E-state index contributed by atoms with van der Waals surface area (Å²) in [6.07, 6.45) is 13.5. The Bertz CT molecular complexity index is 1500. The van der Waals surface area contributed by atoms with Gasteiger partial charge in [-0.2, -0.15) is 0 Å². The van der Waals surface area contributed by atoms with E-state index in [0.717, 1.165) is 41.9 Å². The van der Waals surface area contributed by atoms with Gasteiger partial charge in [0.1, 0.15) is 12.1 Å². The quantitative estimate of drug-likeness (QED) is 0.203. The Balaban J connectivity index is 0.982. The lowest BCUT2D eigenvalue weighted by molar-refractivity contribution is -0.146. The van der Waals surface area contributed by atoms with Crippen molar-refractivity contribution in [2.45, 2.75) is 101 Å². The highest BCUT2D eigenvalue weighted by Gasteiger charge is 2.45. The Morgan fingerprint density at radius 1 is 0.577 bits per heavy atom. The Kier molecular flexibility index (Phi) is 12.1. The maximum absolute atomic E-state index is 14.6. The molecule has 4 fully saturated rings. The smallest absolute Gasteiger partial charge is 0.246 e. The van der Waals surface area contributed by atoms with Crippen LogP contribution in [0, 0.1) is 11.8 Å². The maximum atomic E-state index is 14.6. The van der Waals surface area contributed by atoms with E-state index in [1.54, 1.807) is 4.90 Å². The van der Waals surface area contributed by atoms with E-state index in [1.807, 2.05) is 59.5 Å². The van der Waals surface area contributed by atoms with Crippen molar-refractivity contribution in [3.8, 4) is 0 Å². The van der Waals surface area contributed by atoms with Crippen LogP contribution in [0.2, 0.25) is 0 Å². The highest BCUT2D eigenvalue weighted by atomic mass is 16.2. The monoisotopic (exact) mass is 702 g/mol. The maximum Gasteiger partial charge on any atom is 0.246 e. The molecule has 3 amide bonds. The van der Waals surface area contributed by atoms with E-state index in [2.05, 4.69) is 46.6 Å². The van der Waals surface area contributed by atoms with Gasteiger partial charge in [0, 0.05) is 32.6 Å². The fourth-order valence-electron chi connectivity index (χ4n) is 9.83. The van der Waals surface area contributed by atoms with Crippen LogP contribution in [-0.2, 0) is 19.8 Å². The van der Waals surface area contributed by atoms with Crippen molar-refractivity contribution < 1.29 is 14.4 Å². The summed E-state index contributed by atoms with van der Waals surface area (Å²) in [6, 6.07) is 29.8. The zero-order valence-electron chi connectivity index (χ0n) is 31.0. The Hall–Kier alpha value is -3.97. The molecule has 0 spiro atoms. The first-order valence-electron chi connectivity index (χ1n) is 20.3. The Morgan fingerprint density at radius 2 is 1.12 bits per heavy atom. The summed E-state index contributed by atoms with van der Waals surface area (Å²) in [5.41, 5.74) is 2.41. The second-order valence-corrected chi connectivity index (χ2v) is 15.9. The number of benzene rings is 3. The van der Waals surface area contributed by atoms with Crippen LogP contribution in [0.4, 0.5) is 0 Å². The van der Waals surface area contributed by atoms with Crippen LogP contribution in [0.5, 0.6) is 0 Å². The van der Waals surface area contributed by atoms with Gasteiger partial charge in [-0.25, -0.2) is 0 Å². The third-order valence-corrected chi connectivity index (χ3v) is 12.7. The first-order valence-corrected chi connectivity index (χ1v) is 20.3. The van der Waals surface area contributed by atoms with Crippen molar-refractivity contribution in [2.75, 3.05) is 39.3 Å². The van der Waals surface area contributed by atoms with Gasteiger partial charge in [-0.1, -0.05) is 110 Å². The summed E-state index contributed by atoms with van der Waals surface area (Å²) in [5.74, 6) is 1.41. The lowest BCUT2D eigenvalue weighted by Crippen LogP contribution is -2.53. The second kappa shape index (κ2) is 17.2. The van der Waals surface area contributed by atoms with Gasteiger partial charge in [-0.15, -0.1) is 0 Å². The number of nitrogens with zero attached hydrogens (tertiary/aromatic N) is 3. The third-order valence-electron chi connectivity index (χ3n) is 12.7. The van der Waals surface area contributed by atoms with Crippen LogP contribution < -0.4 is 5.32 Å². The zero-order valence-corrected chi connectivity index (χ0v) is 31.0. The van der Waals surface area contributed by atoms with E-state index in [9.17, 15) is 14.4 Å². The first kappa shape index (κ1) is 36.4. The molecular weight excluding hydrogens is 645 g/mol. The van der Waals surface area contributed by atoms with Crippen molar-refractivity contribution in [3.63, 3.8) is 0 Å². The van der Waals surface area contributed by atoms with Crippen molar-refractivity contribution >= 4 is 17.7 Å². The molecule has 7 heteroatoms. The molecule has 52 heavy (non-hydrogen) atoms. The Labute approximate surface area is 311 Å². The van der Waals surface area contributed by atoms with Crippen LogP contribution in [0.25, 0.3) is 0 Å². The molecule has 3 saturated heterocycles. The summed E-state index contributed by atoms with van der Waals surface area (Å²) in [5, 5.41) is 3.22. The van der Waals surface area contributed by atoms with Crippen molar-refractivity contribution in [2.24, 2.45) is 11.8 Å². The predicted octanol–water partition coefficient (Wildman–Crippen LogP) is 7.19. The van der Waals surface area contributed by atoms with Gasteiger partial charge in [0.15, 0.2) is 0 Å². The number of carbonyl (C=O) groups is 3. The third kappa shape index (κ3) is 8.15. The normalized spacial score (nSPS) is 22.1. The molecule has 276 valence electrons. The van der Waals surface area contributed by atoms with Crippen LogP contribution >= 0.6 is 0 Å². The molecule has 0 radical (unpaired) electrons. The number of nitrogens with one attached hydrogen (secondary N) is 1. The predicted molar refractivity (Wildman–Crippen MR) is 207 cm³/mol. The highest BCUT2D eigenvalue weighted by Crippen LogP contribution is 2.43. The summed E-state index contributed by atoms with van der Waals surface area (Å²) in [6.45, 7) is 5.41. The van der Waals surface area contributed by atoms with Crippen molar-refractivity contribution in [1.29, 1.82) is 0 Å². The van der Waals surface area contributed by atoms with Crippen molar-refractivity contribution in [3.05, 3.63) is 108 Å². The molecule has 0 aromatic heterocycles. The van der Waals surface area contributed by atoms with Gasteiger partial charge in [0.2, 0.25) is 17.7 Å². The van der Waals surface area contributed by atoms with E-state index in [1.165, 1.54) is 64.6 Å². The van der Waals surface area contributed by atoms with Crippen LogP contribution in [-0.4, -0.2) is 83.8 Å². The number of hydrogen-bond acceptors (Lipinski definition) is 4. The standard InChI is InChI=1S/C45H58N4O3/c50-42(33-45(37-17-7-2-8-18-37,38-19-9-3-10-20-38)39-21-11-4-12-22-39)48-29-14-24-41(48)44(52)49-30-13-23-40(49)43(51)46-28-25-35-26-31-47(32-27-35)34-36-15-5-1-6-16-36/h2-4,7-12,17-22,35-36,40-41H,1,5-6,13-16,23-34H2,(H,46,51)/t40-,41+/m1/s1. The molecule has 1 saturated carbocycles. The van der Waals surface area contributed by atoms with Crippen LogP contribution in [0.15, 0.2) is 91.0 Å². The topological polar surface area (TPSA) is 73.0 Å². The van der Waals surface area contributed by atoms with E-state index in [-0.39, 0.29) is 24.1 Å². The number of carbonyl (C=O) groups excluding carboxylic acids is 3. The molecule has 1 N–H and O–H groups in total. The van der Waals surface area contributed by atoms with E-state index in [0.29, 0.717) is 38.4 Å². The molecule has 3 aliphatic heterocycles. The number of amides is 3. The number of likely N-dealkylation sites (tertiary alicyclic amines) is 3. The van der Waals surface area contributed by atoms with E-state index >= 15 is 0 Å². The average Bonchev–Trinajstić information content (AvgIpc) is 3.90. The molecule has 3 heterocycles. The largest absolute Gasteiger partial charge is 0.354 e. The number of piperidine rings is 1. The summed E-state index contributed by atoms with van der Waals surface area (Å²) in [7, 11) is 0. The molecule has 2 atom stereocenters. The van der Waals surface area contributed by atoms with Gasteiger partial charge in [-0.05, 0) is 99.4 Å². The summed E-state index contributed by atoms with van der Waals surface area (Å²) < 4.78 is 0. The minimum Gasteiger partial charge on any atom is -0.354 e. The van der Waals surface area contributed by atoms with Crippen LogP contribution in [0.3, 0.4) is 0 Å². The van der Waals surface area contributed by atoms with E-state index in [4.69, 9.17) is 0 Å². The molecule has 0 unspecified atom stereocenters. The minimum absolute atomic E-state index is 0.0302. The summed E-state index contributed by atoms with van der Waals surface area (Å²) in [4.78, 5) is 48.8. The molecule has 3 aromatic rings. The van der Waals surface area contributed by atoms with Crippen LogP contribution in [0.1, 0.15) is 100 Å². The average molecular weight is 703 g/mol. The molecule has 0 bridgehead atoms. The molecule has 3 aromatic carbocycles. The van der Waals surface area contributed by atoms with Gasteiger partial charge >= 0.3 is 0 Å². The Morgan fingerprint density at radius 3 is 1.69 bits per heavy atom. The zero-order chi connectivity index (χ0) is 35.8. The molecule has 7 rings (SSSR count). The van der Waals surface area contributed by atoms with Gasteiger partial charge in [0.25, 0.3) is 0 Å². The van der Waals surface area contributed by atoms with E-state index < -0.39 is 17.5 Å². The molecule has 1 aliphatic carbocycles. The second-order valence-electron chi connectivity index (χ2n) is 15.9. The fraction of sp³-hybridized carbons (Fsp3) is 0.533. The first-order chi connectivity index (χ1) is 25.5. The lowest BCUT2D eigenvalue weighted by Gasteiger charge is -2.38. The lowest BCUT2D eigenvalue weighted by atomic mass is 9.67. The summed E-state index contributed by atoms with van der Waals surface area (Å²) >= 11 is 0. The SMILES string of the molecule is O=C(NCCC1CCN(CC2CCCCC2)CC1)[C@H]1CCCN1C(=O)[C@@H]1CCCN1C(=O)CC(c1ccccc1)(c1ccccc1)c1ccccc1. The molecule has 7 nitrogen and oxygen atoms in total. The van der Waals surface area contributed by atoms with Gasteiger partial charge in [-0.3, -0.25) is 14.4 Å². The van der Waals surface area contributed by atoms with Crippen molar-refractivity contribution in [1.82, 2.24) is 20.0 Å².